The molecule has 0 spiro atoms. The largest absolute Gasteiger partial charge is 0.491 e. The number of ether oxygens (including phenoxy) is 2. The highest BCUT2D eigenvalue weighted by Crippen LogP contribution is 2.44. The Morgan fingerprint density at radius 2 is 1.97 bits per heavy atom. The highest BCUT2D eigenvalue weighted by Gasteiger charge is 2.35. The lowest BCUT2D eigenvalue weighted by Gasteiger charge is -2.31. The summed E-state index contributed by atoms with van der Waals surface area (Å²) >= 11 is 7.69. The number of thioether (sulfide) groups is 1. The Balaban J connectivity index is 1.89. The molecule has 2 aromatic carbocycles. The summed E-state index contributed by atoms with van der Waals surface area (Å²) in [6.45, 7) is 5.92. The Bertz CT molecular complexity index is 1160. The van der Waals surface area contributed by atoms with Crippen LogP contribution in [0.5, 0.6) is 11.6 Å². The molecule has 3 aromatic rings. The van der Waals surface area contributed by atoms with Crippen LogP contribution in [0.15, 0.2) is 47.6 Å². The summed E-state index contributed by atoms with van der Waals surface area (Å²) in [7, 11) is 0. The summed E-state index contributed by atoms with van der Waals surface area (Å²) in [6, 6.07) is 12.9. The van der Waals surface area contributed by atoms with Crippen molar-refractivity contribution in [3.63, 3.8) is 0 Å². The van der Waals surface area contributed by atoms with Crippen LogP contribution in [-0.4, -0.2) is 33.4 Å². The lowest BCUT2D eigenvalue weighted by Crippen LogP contribution is -2.37. The molecule has 0 N–H and O–H groups in total. The molecule has 0 aliphatic carbocycles. The van der Waals surface area contributed by atoms with Crippen LogP contribution < -0.4 is 14.4 Å². The van der Waals surface area contributed by atoms with Crippen LogP contribution in [0, 0.1) is 0 Å². The fourth-order valence-corrected chi connectivity index (χ4v) is 4.10. The van der Waals surface area contributed by atoms with Crippen molar-refractivity contribution in [1.29, 1.82) is 0 Å². The predicted molar refractivity (Wildman–Crippen MR) is 130 cm³/mol. The van der Waals surface area contributed by atoms with Crippen molar-refractivity contribution >= 4 is 35.0 Å². The van der Waals surface area contributed by atoms with Gasteiger partial charge in [-0.3, -0.25) is 9.69 Å². The number of halogens is 1. The van der Waals surface area contributed by atoms with Crippen LogP contribution >= 0.6 is 23.4 Å². The Morgan fingerprint density at radius 3 is 2.64 bits per heavy atom. The van der Waals surface area contributed by atoms with Gasteiger partial charge in [0.25, 0.3) is 0 Å². The van der Waals surface area contributed by atoms with E-state index in [0.717, 1.165) is 11.3 Å². The SMILES string of the molecule is CCCC(=O)N1c2ccc(Cl)cc2-c2nnc(SC)nc2O[C@H]1c1ccc(OC(C)C)cc1. The molecule has 4 rings (SSSR count). The molecular weight excluding hydrogens is 460 g/mol. The summed E-state index contributed by atoms with van der Waals surface area (Å²) in [5.74, 6) is 0.978. The van der Waals surface area contributed by atoms with E-state index in [0.29, 0.717) is 45.8 Å². The first-order chi connectivity index (χ1) is 15.9. The minimum Gasteiger partial charge on any atom is -0.491 e. The molecule has 172 valence electrons. The van der Waals surface area contributed by atoms with Crippen molar-refractivity contribution in [1.82, 2.24) is 15.2 Å². The Kier molecular flexibility index (Phi) is 7.05. The summed E-state index contributed by atoms with van der Waals surface area (Å²) in [5.41, 5.74) is 2.53. The van der Waals surface area contributed by atoms with E-state index in [1.807, 2.05) is 57.4 Å². The lowest BCUT2D eigenvalue weighted by atomic mass is 10.1. The molecule has 7 nitrogen and oxygen atoms in total. The summed E-state index contributed by atoms with van der Waals surface area (Å²) in [5, 5.41) is 9.55. The third-order valence-corrected chi connectivity index (χ3v) is 5.79. The van der Waals surface area contributed by atoms with Gasteiger partial charge in [0.1, 0.15) is 5.75 Å². The first kappa shape index (κ1) is 23.3. The van der Waals surface area contributed by atoms with E-state index in [4.69, 9.17) is 21.1 Å². The highest BCUT2D eigenvalue weighted by molar-refractivity contribution is 7.98. The minimum absolute atomic E-state index is 0.0591. The number of nitrogens with zero attached hydrogens (tertiary/aromatic N) is 4. The number of hydrogen-bond donors (Lipinski definition) is 0. The number of benzene rings is 2. The molecule has 0 saturated heterocycles. The van der Waals surface area contributed by atoms with Crippen molar-refractivity contribution in [3.8, 4) is 22.9 Å². The van der Waals surface area contributed by atoms with Gasteiger partial charge >= 0.3 is 0 Å². The molecule has 33 heavy (non-hydrogen) atoms. The third kappa shape index (κ3) is 4.91. The second-order valence-corrected chi connectivity index (χ2v) is 9.04. The molecule has 0 unspecified atom stereocenters. The van der Waals surface area contributed by atoms with Gasteiger partial charge in [-0.1, -0.05) is 30.3 Å². The molecule has 9 heteroatoms. The second kappa shape index (κ2) is 9.97. The van der Waals surface area contributed by atoms with Crippen LogP contribution in [0.25, 0.3) is 11.3 Å². The van der Waals surface area contributed by atoms with Crippen molar-refractivity contribution in [2.45, 2.75) is 51.1 Å². The third-order valence-electron chi connectivity index (χ3n) is 5.02. The van der Waals surface area contributed by atoms with E-state index in [-0.39, 0.29) is 12.0 Å². The van der Waals surface area contributed by atoms with Gasteiger partial charge in [-0.05, 0) is 69.0 Å². The second-order valence-electron chi connectivity index (χ2n) is 7.83. The van der Waals surface area contributed by atoms with E-state index in [9.17, 15) is 4.79 Å². The number of fused-ring (bicyclic) bond motifs is 3. The average molecular weight is 485 g/mol. The molecule has 1 aliphatic rings. The first-order valence-electron chi connectivity index (χ1n) is 10.7. The van der Waals surface area contributed by atoms with Gasteiger partial charge in [0, 0.05) is 22.6 Å². The monoisotopic (exact) mass is 484 g/mol. The molecule has 0 bridgehead atoms. The summed E-state index contributed by atoms with van der Waals surface area (Å²) < 4.78 is 12.2. The number of aromatic nitrogens is 3. The normalized spacial score (nSPS) is 14.8. The number of anilines is 1. The molecule has 1 amide bonds. The smallest absolute Gasteiger partial charge is 0.247 e. The fourth-order valence-electron chi connectivity index (χ4n) is 3.63. The maximum Gasteiger partial charge on any atom is 0.247 e. The molecular formula is C24H25ClN4O3S. The van der Waals surface area contributed by atoms with Gasteiger partial charge in [0.2, 0.25) is 23.2 Å². The molecule has 1 aliphatic heterocycles. The standard InChI is InChI=1S/C24H25ClN4O3S/c1-5-6-20(30)29-19-12-9-16(25)13-18(19)21-22(26-24(33-4)28-27-21)32-23(29)15-7-10-17(11-8-15)31-14(2)3/h7-14,23H,5-6H2,1-4H3/t23-/m0/s1. The quantitative estimate of drug-likeness (QED) is 0.401. The van der Waals surface area contributed by atoms with Crippen molar-refractivity contribution in [3.05, 3.63) is 53.1 Å². The van der Waals surface area contributed by atoms with E-state index < -0.39 is 6.23 Å². The van der Waals surface area contributed by atoms with Crippen LogP contribution in [0.3, 0.4) is 0 Å². The van der Waals surface area contributed by atoms with Gasteiger partial charge in [0.05, 0.1) is 11.8 Å². The summed E-state index contributed by atoms with van der Waals surface area (Å²) in [4.78, 5) is 19.6. The van der Waals surface area contributed by atoms with Crippen LogP contribution in [0.1, 0.15) is 45.4 Å². The van der Waals surface area contributed by atoms with Gasteiger partial charge in [0.15, 0.2) is 5.69 Å². The van der Waals surface area contributed by atoms with Crippen molar-refractivity contribution < 1.29 is 14.3 Å². The highest BCUT2D eigenvalue weighted by atomic mass is 35.5. The average Bonchev–Trinajstić information content (AvgIpc) is 2.93. The van der Waals surface area contributed by atoms with Gasteiger partial charge in [-0.25, -0.2) is 0 Å². The molecule has 0 saturated carbocycles. The number of carbonyl (C=O) groups excluding carboxylic acids is 1. The maximum atomic E-state index is 13.4. The van der Waals surface area contributed by atoms with E-state index in [1.54, 1.807) is 17.0 Å². The predicted octanol–water partition coefficient (Wildman–Crippen LogP) is 5.93. The number of carbonyl (C=O) groups is 1. The maximum absolute atomic E-state index is 13.4. The van der Waals surface area contributed by atoms with E-state index in [2.05, 4.69) is 15.2 Å². The van der Waals surface area contributed by atoms with Crippen LogP contribution in [0.4, 0.5) is 5.69 Å². The van der Waals surface area contributed by atoms with E-state index in [1.165, 1.54) is 11.8 Å². The Labute approximate surface area is 202 Å². The fraction of sp³-hybridized carbons (Fsp3) is 0.333. The van der Waals surface area contributed by atoms with Crippen molar-refractivity contribution in [2.24, 2.45) is 0 Å². The zero-order valence-electron chi connectivity index (χ0n) is 18.9. The van der Waals surface area contributed by atoms with E-state index >= 15 is 0 Å². The summed E-state index contributed by atoms with van der Waals surface area (Å²) in [6.07, 6.45) is 2.25. The van der Waals surface area contributed by atoms with Gasteiger partial charge < -0.3 is 9.47 Å². The zero-order chi connectivity index (χ0) is 23.5. The molecule has 0 fully saturated rings. The molecule has 1 atom stereocenters. The zero-order valence-corrected chi connectivity index (χ0v) is 20.5. The Hall–Kier alpha value is -2.84. The molecule has 1 aromatic heterocycles. The topological polar surface area (TPSA) is 77.4 Å². The minimum atomic E-state index is -0.746. The van der Waals surface area contributed by atoms with Gasteiger partial charge in [-0.15, -0.1) is 10.2 Å². The number of hydrogen-bond acceptors (Lipinski definition) is 7. The number of rotatable bonds is 6. The lowest BCUT2D eigenvalue weighted by molar-refractivity contribution is -0.120. The van der Waals surface area contributed by atoms with Gasteiger partial charge in [-0.2, -0.15) is 4.98 Å². The van der Waals surface area contributed by atoms with Crippen molar-refractivity contribution in [2.75, 3.05) is 11.2 Å². The number of amides is 1. The Morgan fingerprint density at radius 1 is 1.21 bits per heavy atom. The molecule has 2 heterocycles. The van der Waals surface area contributed by atoms with Crippen LogP contribution in [-0.2, 0) is 4.79 Å². The van der Waals surface area contributed by atoms with Crippen LogP contribution in [0.2, 0.25) is 5.02 Å². The first-order valence-corrected chi connectivity index (χ1v) is 12.4. The molecule has 0 radical (unpaired) electrons.